The van der Waals surface area contributed by atoms with Gasteiger partial charge in [0.1, 0.15) is 35.8 Å². The van der Waals surface area contributed by atoms with Crippen LogP contribution in [0.4, 0.5) is 8.78 Å². The van der Waals surface area contributed by atoms with Crippen LogP contribution >= 0.6 is 0 Å². The second kappa shape index (κ2) is 10.00. The lowest BCUT2D eigenvalue weighted by Gasteiger charge is -2.37. The number of fused-ring (bicyclic) bond motifs is 1. The molecule has 7 heteroatoms. The Morgan fingerprint density at radius 1 is 1.11 bits per heavy atom. The fraction of sp³-hybridized carbons (Fsp3) is 0.276. The van der Waals surface area contributed by atoms with Crippen molar-refractivity contribution in [2.24, 2.45) is 5.92 Å². The molecule has 0 bridgehead atoms. The van der Waals surface area contributed by atoms with Gasteiger partial charge in [-0.05, 0) is 72.2 Å². The third-order valence-corrected chi connectivity index (χ3v) is 6.73. The highest BCUT2D eigenvalue weighted by Gasteiger charge is 2.30. The van der Waals surface area contributed by atoms with Gasteiger partial charge in [0, 0.05) is 36.7 Å². The van der Waals surface area contributed by atoms with E-state index in [9.17, 15) is 19.1 Å². The first kappa shape index (κ1) is 23.8. The van der Waals surface area contributed by atoms with Gasteiger partial charge in [0.25, 0.3) is 0 Å². The van der Waals surface area contributed by atoms with Crippen LogP contribution in [0.3, 0.4) is 0 Å². The summed E-state index contributed by atoms with van der Waals surface area (Å²) < 4.78 is 39.2. The van der Waals surface area contributed by atoms with Crippen molar-refractivity contribution in [2.75, 3.05) is 32.9 Å². The molecule has 0 aliphatic carbocycles. The normalized spacial score (nSPS) is 17.7. The molecule has 1 atom stereocenters. The number of allylic oxidation sites excluding steroid dienone is 1. The summed E-state index contributed by atoms with van der Waals surface area (Å²) in [6.07, 6.45) is -0.553. The number of phenolic OH excluding ortho intramolecular Hbond substituents is 1. The number of aromatic hydroxyl groups is 1. The summed E-state index contributed by atoms with van der Waals surface area (Å²) in [5.74, 6) is 1.07. The predicted octanol–water partition coefficient (Wildman–Crippen LogP) is 5.75. The van der Waals surface area contributed by atoms with Crippen molar-refractivity contribution >= 4 is 11.1 Å². The monoisotopic (exact) mass is 488 g/mol. The number of likely N-dealkylation sites (tertiary alicyclic amines) is 1. The molecule has 2 heterocycles. The SMILES string of the molecule is CC1=C(c2cc(F)cc(C#N)c2)[C@@H](c2ccc(OCCN3CC(CF)C3)cc2)Oc2ccc(O)cc21. The molecule has 5 nitrogen and oxygen atoms in total. The van der Waals surface area contributed by atoms with Crippen LogP contribution in [-0.2, 0) is 0 Å². The van der Waals surface area contributed by atoms with Gasteiger partial charge >= 0.3 is 0 Å². The molecule has 1 saturated heterocycles. The number of halogens is 2. The lowest BCUT2D eigenvalue weighted by molar-refractivity contribution is 0.0668. The summed E-state index contributed by atoms with van der Waals surface area (Å²) in [6, 6.07) is 18.7. The summed E-state index contributed by atoms with van der Waals surface area (Å²) in [7, 11) is 0. The van der Waals surface area contributed by atoms with Gasteiger partial charge in [0.15, 0.2) is 0 Å². The van der Waals surface area contributed by atoms with Crippen molar-refractivity contribution in [3.63, 3.8) is 0 Å². The van der Waals surface area contributed by atoms with E-state index in [0.29, 0.717) is 29.2 Å². The van der Waals surface area contributed by atoms with Gasteiger partial charge in [0.2, 0.25) is 0 Å². The Morgan fingerprint density at radius 3 is 2.61 bits per heavy atom. The van der Waals surface area contributed by atoms with Gasteiger partial charge in [-0.3, -0.25) is 9.29 Å². The van der Waals surface area contributed by atoms with Crippen molar-refractivity contribution in [1.82, 2.24) is 4.90 Å². The van der Waals surface area contributed by atoms with Crippen molar-refractivity contribution < 1.29 is 23.4 Å². The smallest absolute Gasteiger partial charge is 0.150 e. The largest absolute Gasteiger partial charge is 0.508 e. The molecule has 184 valence electrons. The minimum atomic E-state index is -0.553. The van der Waals surface area contributed by atoms with E-state index in [4.69, 9.17) is 9.47 Å². The fourth-order valence-electron chi connectivity index (χ4n) is 4.84. The van der Waals surface area contributed by atoms with Crippen molar-refractivity contribution in [3.8, 4) is 23.3 Å². The lowest BCUT2D eigenvalue weighted by Crippen LogP contribution is -2.49. The highest BCUT2D eigenvalue weighted by Crippen LogP contribution is 2.47. The molecule has 36 heavy (non-hydrogen) atoms. The van der Waals surface area contributed by atoms with Crippen molar-refractivity contribution in [3.05, 3.63) is 88.7 Å². The van der Waals surface area contributed by atoms with Gasteiger partial charge in [-0.25, -0.2) is 4.39 Å². The molecule has 0 aromatic heterocycles. The number of rotatable bonds is 7. The minimum Gasteiger partial charge on any atom is -0.508 e. The molecule has 0 radical (unpaired) electrons. The maximum Gasteiger partial charge on any atom is 0.150 e. The maximum atomic E-state index is 14.4. The number of ether oxygens (including phenoxy) is 2. The Balaban J connectivity index is 1.42. The molecule has 1 N–H and O–H groups in total. The van der Waals surface area contributed by atoms with Crippen LogP contribution in [0.1, 0.15) is 35.3 Å². The zero-order valence-corrected chi connectivity index (χ0v) is 19.9. The second-order valence-electron chi connectivity index (χ2n) is 9.25. The van der Waals surface area contributed by atoms with E-state index in [1.165, 1.54) is 12.1 Å². The summed E-state index contributed by atoms with van der Waals surface area (Å²) in [5, 5.41) is 19.4. The van der Waals surface area contributed by atoms with E-state index in [-0.39, 0.29) is 23.9 Å². The summed E-state index contributed by atoms with van der Waals surface area (Å²) in [4.78, 5) is 2.16. The van der Waals surface area contributed by atoms with Gasteiger partial charge in [-0.2, -0.15) is 5.26 Å². The van der Waals surface area contributed by atoms with E-state index in [1.807, 2.05) is 37.3 Å². The highest BCUT2D eigenvalue weighted by atomic mass is 19.1. The number of benzene rings is 3. The number of phenols is 1. The van der Waals surface area contributed by atoms with Crippen LogP contribution in [-0.4, -0.2) is 42.9 Å². The first-order valence-corrected chi connectivity index (χ1v) is 11.9. The van der Waals surface area contributed by atoms with Crippen LogP contribution in [0, 0.1) is 23.1 Å². The molecular formula is C29H26F2N2O3. The molecule has 2 aliphatic heterocycles. The van der Waals surface area contributed by atoms with E-state index in [0.717, 1.165) is 36.3 Å². The molecule has 0 unspecified atom stereocenters. The van der Waals surface area contributed by atoms with Gasteiger partial charge in [0.05, 0.1) is 18.3 Å². The van der Waals surface area contributed by atoms with E-state index < -0.39 is 11.9 Å². The third-order valence-electron chi connectivity index (χ3n) is 6.73. The molecule has 3 aromatic rings. The number of hydrogen-bond acceptors (Lipinski definition) is 5. The first-order valence-electron chi connectivity index (χ1n) is 11.9. The third kappa shape index (κ3) is 4.77. The van der Waals surface area contributed by atoms with E-state index in [1.54, 1.807) is 24.3 Å². The predicted molar refractivity (Wildman–Crippen MR) is 133 cm³/mol. The molecule has 0 spiro atoms. The molecule has 3 aromatic carbocycles. The Morgan fingerprint density at radius 2 is 1.89 bits per heavy atom. The maximum absolute atomic E-state index is 14.4. The fourth-order valence-corrected chi connectivity index (χ4v) is 4.84. The summed E-state index contributed by atoms with van der Waals surface area (Å²) in [5.41, 5.74) is 3.86. The summed E-state index contributed by atoms with van der Waals surface area (Å²) >= 11 is 0. The molecule has 1 fully saturated rings. The molecular weight excluding hydrogens is 462 g/mol. The van der Waals surface area contributed by atoms with Crippen LogP contribution in [0.25, 0.3) is 11.1 Å². The van der Waals surface area contributed by atoms with Crippen LogP contribution in [0.2, 0.25) is 0 Å². The minimum absolute atomic E-state index is 0.103. The number of nitriles is 1. The van der Waals surface area contributed by atoms with Crippen molar-refractivity contribution in [1.29, 1.82) is 5.26 Å². The zero-order chi connectivity index (χ0) is 25.2. The average molecular weight is 489 g/mol. The first-order chi connectivity index (χ1) is 17.4. The summed E-state index contributed by atoms with van der Waals surface area (Å²) in [6.45, 7) is 4.45. The molecule has 2 aliphatic rings. The standard InChI is InChI=1S/C29H26F2N2O3/c1-18-26-13-24(34)4-7-27(26)36-29(28(18)22-10-19(15-32)11-23(31)12-22)21-2-5-25(6-3-21)35-9-8-33-16-20(14-30)17-33/h2-7,10-13,20,29,34H,8-9,14,16-17H2,1H3/t29-/m1/s1. The Labute approximate surface area is 208 Å². The molecule has 0 amide bonds. The van der Waals surface area contributed by atoms with Gasteiger partial charge in [-0.1, -0.05) is 12.1 Å². The Kier molecular flexibility index (Phi) is 6.62. The second-order valence-corrected chi connectivity index (χ2v) is 9.25. The highest BCUT2D eigenvalue weighted by molar-refractivity contribution is 5.95. The van der Waals surface area contributed by atoms with E-state index in [2.05, 4.69) is 4.90 Å². The van der Waals surface area contributed by atoms with Crippen LogP contribution < -0.4 is 9.47 Å². The van der Waals surface area contributed by atoms with Crippen LogP contribution in [0.15, 0.2) is 60.7 Å². The molecule has 0 saturated carbocycles. The molecule has 5 rings (SSSR count). The Hall–Kier alpha value is -3.89. The lowest BCUT2D eigenvalue weighted by atomic mass is 9.85. The zero-order valence-electron chi connectivity index (χ0n) is 19.9. The average Bonchev–Trinajstić information content (AvgIpc) is 2.85. The van der Waals surface area contributed by atoms with E-state index >= 15 is 0 Å². The van der Waals surface area contributed by atoms with Crippen molar-refractivity contribution in [2.45, 2.75) is 13.0 Å². The van der Waals surface area contributed by atoms with Gasteiger partial charge in [-0.15, -0.1) is 0 Å². The van der Waals surface area contributed by atoms with Gasteiger partial charge < -0.3 is 14.6 Å². The number of nitrogens with zero attached hydrogens (tertiary/aromatic N) is 2. The Bertz CT molecular complexity index is 1340. The quantitative estimate of drug-likeness (QED) is 0.459. The number of hydrogen-bond donors (Lipinski definition) is 1. The van der Waals surface area contributed by atoms with Crippen LogP contribution in [0.5, 0.6) is 17.2 Å². The number of alkyl halides is 1. The topological polar surface area (TPSA) is 65.7 Å².